The molecule has 0 aromatic carbocycles. The first kappa shape index (κ1) is 16.1. The Hall–Kier alpha value is 0.230. The van der Waals surface area contributed by atoms with Crippen molar-refractivity contribution in [2.75, 3.05) is 25.5 Å². The molecule has 3 fully saturated rings. The van der Waals surface area contributed by atoms with Gasteiger partial charge in [-0.1, -0.05) is 19.8 Å². The molecule has 0 aromatic heterocycles. The van der Waals surface area contributed by atoms with Crippen LogP contribution in [0.5, 0.6) is 0 Å². The lowest BCUT2D eigenvalue weighted by atomic mass is 9.89. The lowest BCUT2D eigenvalue weighted by Crippen LogP contribution is -2.50. The van der Waals surface area contributed by atoms with Crippen LogP contribution >= 0.6 is 11.8 Å². The van der Waals surface area contributed by atoms with Crippen molar-refractivity contribution in [2.24, 2.45) is 5.92 Å². The van der Waals surface area contributed by atoms with Gasteiger partial charge in [0.1, 0.15) is 0 Å². The molecule has 0 aromatic rings. The fourth-order valence-electron chi connectivity index (χ4n) is 4.05. The largest absolute Gasteiger partial charge is 0.347 e. The number of ether oxygens (including phenoxy) is 2. The zero-order valence-electron chi connectivity index (χ0n) is 13.4. The Morgan fingerprint density at radius 2 is 1.90 bits per heavy atom. The second-order valence-corrected chi connectivity index (χ2v) is 8.21. The van der Waals surface area contributed by atoms with Crippen LogP contribution in [0.3, 0.4) is 0 Å². The molecule has 1 N–H and O–H groups in total. The van der Waals surface area contributed by atoms with Crippen molar-refractivity contribution in [2.45, 2.75) is 75.4 Å². The zero-order chi connectivity index (χ0) is 14.5. The smallest absolute Gasteiger partial charge is 0.169 e. The van der Waals surface area contributed by atoms with Gasteiger partial charge >= 0.3 is 0 Å². The average Bonchev–Trinajstić information content (AvgIpc) is 3.16. The molecule has 2 saturated carbocycles. The van der Waals surface area contributed by atoms with E-state index >= 15 is 0 Å². The van der Waals surface area contributed by atoms with E-state index in [4.69, 9.17) is 9.47 Å². The summed E-state index contributed by atoms with van der Waals surface area (Å²) in [5, 5.41) is 4.43. The van der Waals surface area contributed by atoms with Gasteiger partial charge in [-0.3, -0.25) is 0 Å². The van der Waals surface area contributed by atoms with Gasteiger partial charge in [-0.25, -0.2) is 0 Å². The van der Waals surface area contributed by atoms with Crippen LogP contribution in [0.1, 0.15) is 58.3 Å². The van der Waals surface area contributed by atoms with E-state index in [1.807, 2.05) is 0 Å². The standard InChI is InChI=1S/C17H31NO2S/c1-2-9-18-15-7-8-17(19-10-11-20-17)12-16(15)21-13-14-5-3-4-6-14/h14-16,18H,2-13H2,1H3. The van der Waals surface area contributed by atoms with Crippen molar-refractivity contribution in [1.82, 2.24) is 5.32 Å². The van der Waals surface area contributed by atoms with E-state index in [0.717, 1.165) is 38.5 Å². The SMILES string of the molecule is CCCNC1CCC2(CC1SCC1CCCC1)OCCO2. The van der Waals surface area contributed by atoms with E-state index in [-0.39, 0.29) is 5.79 Å². The Kier molecular flexibility index (Phi) is 5.88. The Morgan fingerprint density at radius 1 is 1.14 bits per heavy atom. The van der Waals surface area contributed by atoms with Crippen molar-refractivity contribution in [3.05, 3.63) is 0 Å². The van der Waals surface area contributed by atoms with Gasteiger partial charge in [0, 0.05) is 24.1 Å². The molecule has 2 aliphatic carbocycles. The van der Waals surface area contributed by atoms with Crippen LogP contribution < -0.4 is 5.32 Å². The van der Waals surface area contributed by atoms with Crippen molar-refractivity contribution < 1.29 is 9.47 Å². The molecule has 0 bridgehead atoms. The molecule has 0 amide bonds. The fourth-order valence-corrected chi connectivity index (χ4v) is 5.74. The molecule has 2 unspecified atom stereocenters. The second-order valence-electron chi connectivity index (χ2n) is 6.93. The lowest BCUT2D eigenvalue weighted by molar-refractivity contribution is -0.178. The number of thioether (sulfide) groups is 1. The summed E-state index contributed by atoms with van der Waals surface area (Å²) in [4.78, 5) is 0. The van der Waals surface area contributed by atoms with E-state index in [1.54, 1.807) is 0 Å². The maximum absolute atomic E-state index is 5.97. The van der Waals surface area contributed by atoms with Crippen LogP contribution in [-0.4, -0.2) is 42.6 Å². The first-order valence-corrected chi connectivity index (χ1v) is 9.99. The maximum Gasteiger partial charge on any atom is 0.169 e. The monoisotopic (exact) mass is 313 g/mol. The molecule has 1 spiro atoms. The quantitative estimate of drug-likeness (QED) is 0.812. The minimum atomic E-state index is -0.238. The normalized spacial score (nSPS) is 33.0. The molecule has 4 heteroatoms. The summed E-state index contributed by atoms with van der Waals surface area (Å²) >= 11 is 2.19. The molecule has 1 aliphatic heterocycles. The van der Waals surface area contributed by atoms with Crippen molar-refractivity contribution in [1.29, 1.82) is 0 Å². The first-order chi connectivity index (χ1) is 10.3. The predicted molar refractivity (Wildman–Crippen MR) is 88.8 cm³/mol. The number of nitrogens with one attached hydrogen (secondary N) is 1. The summed E-state index contributed by atoms with van der Waals surface area (Å²) in [7, 11) is 0. The number of rotatable bonds is 6. The summed E-state index contributed by atoms with van der Waals surface area (Å²) in [6, 6.07) is 0.648. The first-order valence-electron chi connectivity index (χ1n) is 8.94. The third-order valence-electron chi connectivity index (χ3n) is 5.29. The Bertz CT molecular complexity index is 314. The van der Waals surface area contributed by atoms with Crippen LogP contribution in [0.2, 0.25) is 0 Å². The summed E-state index contributed by atoms with van der Waals surface area (Å²) in [5.41, 5.74) is 0. The summed E-state index contributed by atoms with van der Waals surface area (Å²) in [6.45, 7) is 4.96. The lowest BCUT2D eigenvalue weighted by Gasteiger charge is -2.41. The third kappa shape index (κ3) is 4.15. The molecule has 3 aliphatic rings. The average molecular weight is 314 g/mol. The van der Waals surface area contributed by atoms with Gasteiger partial charge in [0.2, 0.25) is 0 Å². The highest BCUT2D eigenvalue weighted by atomic mass is 32.2. The van der Waals surface area contributed by atoms with Gasteiger partial charge in [-0.05, 0) is 43.9 Å². The molecule has 21 heavy (non-hydrogen) atoms. The van der Waals surface area contributed by atoms with Gasteiger partial charge < -0.3 is 14.8 Å². The van der Waals surface area contributed by atoms with E-state index < -0.39 is 0 Å². The molecule has 0 radical (unpaired) electrons. The Labute approximate surface area is 133 Å². The molecule has 1 saturated heterocycles. The molecule has 2 atom stereocenters. The Balaban J connectivity index is 1.55. The van der Waals surface area contributed by atoms with Crippen LogP contribution in [0, 0.1) is 5.92 Å². The van der Waals surface area contributed by atoms with Crippen LogP contribution in [0.15, 0.2) is 0 Å². The molecule has 122 valence electrons. The minimum absolute atomic E-state index is 0.238. The predicted octanol–water partition coefficient (Wildman–Crippen LogP) is 3.57. The highest BCUT2D eigenvalue weighted by Crippen LogP contribution is 2.42. The third-order valence-corrected chi connectivity index (χ3v) is 6.88. The van der Waals surface area contributed by atoms with E-state index in [0.29, 0.717) is 11.3 Å². The van der Waals surface area contributed by atoms with Gasteiger partial charge in [0.15, 0.2) is 5.79 Å². The summed E-state index contributed by atoms with van der Waals surface area (Å²) in [6.07, 6.45) is 10.3. The van der Waals surface area contributed by atoms with E-state index in [2.05, 4.69) is 24.0 Å². The fraction of sp³-hybridized carbons (Fsp3) is 1.00. The van der Waals surface area contributed by atoms with E-state index in [9.17, 15) is 0 Å². The molecule has 3 rings (SSSR count). The zero-order valence-corrected chi connectivity index (χ0v) is 14.3. The summed E-state index contributed by atoms with van der Waals surface area (Å²) < 4.78 is 11.9. The minimum Gasteiger partial charge on any atom is -0.347 e. The number of hydrogen-bond acceptors (Lipinski definition) is 4. The van der Waals surface area contributed by atoms with Gasteiger partial charge in [-0.15, -0.1) is 0 Å². The molecule has 3 nitrogen and oxygen atoms in total. The van der Waals surface area contributed by atoms with Crippen LogP contribution in [-0.2, 0) is 9.47 Å². The number of hydrogen-bond donors (Lipinski definition) is 1. The summed E-state index contributed by atoms with van der Waals surface area (Å²) in [5.74, 6) is 2.06. The van der Waals surface area contributed by atoms with Gasteiger partial charge in [0.05, 0.1) is 13.2 Å². The topological polar surface area (TPSA) is 30.5 Å². The van der Waals surface area contributed by atoms with Crippen molar-refractivity contribution in [3.8, 4) is 0 Å². The van der Waals surface area contributed by atoms with Crippen LogP contribution in [0.4, 0.5) is 0 Å². The highest BCUT2D eigenvalue weighted by molar-refractivity contribution is 7.99. The van der Waals surface area contributed by atoms with Crippen molar-refractivity contribution >= 4 is 11.8 Å². The van der Waals surface area contributed by atoms with Crippen LogP contribution in [0.25, 0.3) is 0 Å². The molecule has 1 heterocycles. The van der Waals surface area contributed by atoms with Crippen molar-refractivity contribution in [3.63, 3.8) is 0 Å². The molecular formula is C17H31NO2S. The van der Waals surface area contributed by atoms with Gasteiger partial charge in [-0.2, -0.15) is 11.8 Å². The highest BCUT2D eigenvalue weighted by Gasteiger charge is 2.45. The second kappa shape index (κ2) is 7.67. The Morgan fingerprint density at radius 3 is 2.62 bits per heavy atom. The van der Waals surface area contributed by atoms with Gasteiger partial charge in [0.25, 0.3) is 0 Å². The molecular weight excluding hydrogens is 282 g/mol. The maximum atomic E-state index is 5.97. The van der Waals surface area contributed by atoms with E-state index in [1.165, 1.54) is 44.3 Å².